The fourth-order valence-corrected chi connectivity index (χ4v) is 7.48. The van der Waals surface area contributed by atoms with E-state index in [0.29, 0.717) is 24.1 Å². The lowest BCUT2D eigenvalue weighted by Crippen LogP contribution is -2.37. The maximum Gasteiger partial charge on any atom is 0.472 e. The van der Waals surface area contributed by atoms with Crippen molar-refractivity contribution in [2.75, 3.05) is 54.1 Å². The number of hydrogen-bond acceptors (Lipinski definition) is 6. The van der Waals surface area contributed by atoms with Crippen molar-refractivity contribution in [1.29, 1.82) is 0 Å². The zero-order valence-corrected chi connectivity index (χ0v) is 46.5. The molecule has 0 saturated heterocycles. The molecule has 0 aliphatic carbocycles. The van der Waals surface area contributed by atoms with Crippen molar-refractivity contribution < 1.29 is 37.3 Å². The zero-order chi connectivity index (χ0) is 51.9. The summed E-state index contributed by atoms with van der Waals surface area (Å²) in [5.41, 5.74) is 0. The highest BCUT2D eigenvalue weighted by Gasteiger charge is 2.26. The Kier molecular flexibility index (Phi) is 50.0. The van der Waals surface area contributed by atoms with Crippen LogP contribution in [0.4, 0.5) is 0 Å². The van der Waals surface area contributed by atoms with Gasteiger partial charge in [-0.1, -0.05) is 205 Å². The molecule has 0 rings (SSSR count). The number of likely N-dealkylation sites (N-methyl/N-ethyl adjacent to an activating group) is 1. The lowest BCUT2D eigenvalue weighted by atomic mass is 10.1. The Hall–Kier alpha value is -3.62. The number of hydrogen-bond donors (Lipinski definition) is 1. The van der Waals surface area contributed by atoms with Gasteiger partial charge >= 0.3 is 13.8 Å². The number of nitrogens with zero attached hydrogens (tertiary/aromatic N) is 1. The van der Waals surface area contributed by atoms with Crippen molar-refractivity contribution in [2.45, 2.75) is 187 Å². The second kappa shape index (κ2) is 52.7. The van der Waals surface area contributed by atoms with Crippen molar-refractivity contribution in [3.05, 3.63) is 146 Å². The number of unbranched alkanes of at least 4 members (excludes halogenated alkanes) is 11. The second-order valence-electron chi connectivity index (χ2n) is 18.8. The van der Waals surface area contributed by atoms with Gasteiger partial charge in [0.25, 0.3) is 0 Å². The van der Waals surface area contributed by atoms with E-state index >= 15 is 0 Å². The Balaban J connectivity index is 4.26. The summed E-state index contributed by atoms with van der Waals surface area (Å²) in [5.74, 6) is -0.355. The number of ether oxygens (including phenoxy) is 2. The van der Waals surface area contributed by atoms with Crippen LogP contribution in [0.25, 0.3) is 0 Å². The van der Waals surface area contributed by atoms with E-state index in [-0.39, 0.29) is 32.2 Å². The van der Waals surface area contributed by atoms with Gasteiger partial charge in [-0.25, -0.2) is 4.57 Å². The molecule has 8 nitrogen and oxygen atoms in total. The van der Waals surface area contributed by atoms with Gasteiger partial charge in [-0.15, -0.1) is 0 Å². The summed E-state index contributed by atoms with van der Waals surface area (Å²) in [6, 6.07) is 0. The maximum absolute atomic E-state index is 12.8. The summed E-state index contributed by atoms with van der Waals surface area (Å²) in [6.45, 7) is 5.29. The highest BCUT2D eigenvalue weighted by atomic mass is 31.2. The van der Waals surface area contributed by atoms with E-state index in [4.69, 9.17) is 18.5 Å². The molecule has 0 amide bonds. The second-order valence-corrected chi connectivity index (χ2v) is 20.3. The number of carbonyl (C=O) groups excluding carboxylic acids is 1. The highest BCUT2D eigenvalue weighted by Crippen LogP contribution is 2.43. The van der Waals surface area contributed by atoms with Crippen LogP contribution in [0.3, 0.4) is 0 Å². The number of allylic oxidation sites excluding steroid dienone is 24. The van der Waals surface area contributed by atoms with Gasteiger partial charge in [0.15, 0.2) is 0 Å². The molecule has 2 atom stereocenters. The smallest absolute Gasteiger partial charge is 0.457 e. The summed E-state index contributed by atoms with van der Waals surface area (Å²) in [6.07, 6.45) is 79.0. The third-order valence-corrected chi connectivity index (χ3v) is 11.9. The van der Waals surface area contributed by atoms with Crippen molar-refractivity contribution in [1.82, 2.24) is 0 Å². The largest absolute Gasteiger partial charge is 0.472 e. The number of rotatable bonds is 49. The lowest BCUT2D eigenvalue weighted by molar-refractivity contribution is -0.870. The van der Waals surface area contributed by atoms with Gasteiger partial charge in [-0.2, -0.15) is 0 Å². The number of phosphoric ester groups is 1. The number of phosphoric acid groups is 1. The summed E-state index contributed by atoms with van der Waals surface area (Å²) in [5, 5.41) is 0. The third-order valence-electron chi connectivity index (χ3n) is 10.9. The molecule has 9 heteroatoms. The summed E-state index contributed by atoms with van der Waals surface area (Å²) in [4.78, 5) is 23.1. The molecule has 0 bridgehead atoms. The van der Waals surface area contributed by atoms with Crippen molar-refractivity contribution in [3.63, 3.8) is 0 Å². The third kappa shape index (κ3) is 57.2. The van der Waals surface area contributed by atoms with Gasteiger partial charge in [0, 0.05) is 13.0 Å². The summed E-state index contributed by atoms with van der Waals surface area (Å²) < 4.78 is 35.2. The van der Waals surface area contributed by atoms with E-state index in [1.165, 1.54) is 32.1 Å². The first-order valence-electron chi connectivity index (χ1n) is 27.6. The molecule has 402 valence electrons. The van der Waals surface area contributed by atoms with E-state index in [0.717, 1.165) is 122 Å². The average molecular weight is 1010 g/mol. The minimum Gasteiger partial charge on any atom is -0.457 e. The van der Waals surface area contributed by atoms with E-state index < -0.39 is 13.9 Å². The van der Waals surface area contributed by atoms with Gasteiger partial charge in [-0.05, 0) is 116 Å². The topological polar surface area (TPSA) is 91.3 Å². The van der Waals surface area contributed by atoms with E-state index in [2.05, 4.69) is 160 Å². The fourth-order valence-electron chi connectivity index (χ4n) is 6.73. The van der Waals surface area contributed by atoms with Gasteiger partial charge < -0.3 is 18.9 Å². The van der Waals surface area contributed by atoms with Crippen LogP contribution in [0.1, 0.15) is 181 Å². The Morgan fingerprint density at radius 3 is 1.15 bits per heavy atom. The Bertz CT molecular complexity index is 1640. The quantitative estimate of drug-likeness (QED) is 0.0213. The minimum atomic E-state index is -4.31. The molecule has 0 aromatic rings. The number of carbonyl (C=O) groups is 1. The highest BCUT2D eigenvalue weighted by molar-refractivity contribution is 7.47. The molecule has 0 aromatic heterocycles. The van der Waals surface area contributed by atoms with Crippen molar-refractivity contribution >= 4 is 13.8 Å². The standard InChI is InChI=1S/C62H102NO7P/c1-6-8-10-12-14-16-18-20-22-24-26-28-30-32-33-35-37-39-41-43-45-47-49-51-53-55-62(64)70-61(60-69-71(65,66)68-58-56-63(3,4)5)59-67-57-54-52-50-48-46-44-42-40-38-36-34-31-29-27-25-23-21-19-17-15-13-11-9-7-2/h8-11,14-17,20-23,26-29,32-34,36-37,39,43,45,61H,6-7,12-13,18-19,24-25,30-31,35,38,40-42,44,46-60H2,1-5H3/p+1/b10-8-,11-9-,16-14-,17-15-,22-20-,23-21-,28-26-,29-27-,33-32-,36-34-,39-37-,45-43-. The Morgan fingerprint density at radius 2 is 0.775 bits per heavy atom. The molecule has 71 heavy (non-hydrogen) atoms. The Labute approximate surface area is 436 Å². The van der Waals surface area contributed by atoms with E-state index in [1.807, 2.05) is 21.1 Å². The average Bonchev–Trinajstić information content (AvgIpc) is 3.33. The minimum absolute atomic E-state index is 0.0705. The molecule has 1 N–H and O–H groups in total. The number of esters is 1. The molecule has 0 fully saturated rings. The monoisotopic (exact) mass is 1000 g/mol. The Morgan fingerprint density at radius 1 is 0.437 bits per heavy atom. The molecule has 0 radical (unpaired) electrons. The first kappa shape index (κ1) is 67.4. The molecule has 0 aliphatic rings. The molecule has 0 aliphatic heterocycles. The molecule has 0 aromatic carbocycles. The van der Waals surface area contributed by atoms with Crippen LogP contribution >= 0.6 is 7.82 Å². The molecule has 0 spiro atoms. The fraction of sp³-hybridized carbons (Fsp3) is 0.597. The van der Waals surface area contributed by atoms with E-state index in [9.17, 15) is 14.3 Å². The summed E-state index contributed by atoms with van der Waals surface area (Å²) in [7, 11) is 1.61. The normalized spacial score (nSPS) is 14.6. The zero-order valence-electron chi connectivity index (χ0n) is 45.6. The van der Waals surface area contributed by atoms with Crippen molar-refractivity contribution in [2.24, 2.45) is 0 Å². The molecular formula is C62H103NO7P+. The van der Waals surface area contributed by atoms with Crippen LogP contribution in [0.2, 0.25) is 0 Å². The van der Waals surface area contributed by atoms with Crippen LogP contribution in [0.15, 0.2) is 146 Å². The molecule has 0 heterocycles. The molecule has 2 unspecified atom stereocenters. The van der Waals surface area contributed by atoms with Crippen LogP contribution in [-0.2, 0) is 27.9 Å². The molecule has 0 saturated carbocycles. The predicted molar refractivity (Wildman–Crippen MR) is 306 cm³/mol. The van der Waals surface area contributed by atoms with Gasteiger partial charge in [0.05, 0.1) is 34.4 Å². The summed E-state index contributed by atoms with van der Waals surface area (Å²) >= 11 is 0. The van der Waals surface area contributed by atoms with Crippen LogP contribution in [0, 0.1) is 0 Å². The number of quaternary nitrogens is 1. The lowest BCUT2D eigenvalue weighted by Gasteiger charge is -2.24. The first-order chi connectivity index (χ1) is 34.6. The maximum atomic E-state index is 12.8. The van der Waals surface area contributed by atoms with Gasteiger partial charge in [0.1, 0.15) is 19.3 Å². The van der Waals surface area contributed by atoms with Crippen LogP contribution in [-0.4, -0.2) is 75.6 Å². The van der Waals surface area contributed by atoms with E-state index in [1.54, 1.807) is 0 Å². The van der Waals surface area contributed by atoms with Crippen LogP contribution < -0.4 is 0 Å². The van der Waals surface area contributed by atoms with Crippen LogP contribution in [0.5, 0.6) is 0 Å². The predicted octanol–water partition coefficient (Wildman–Crippen LogP) is 17.6. The molecular weight excluding hydrogens is 902 g/mol. The SMILES string of the molecule is CC/C=C\C/C=C\C/C=C\C/C=C\C/C=C\C/C=C\C/C=C\CCCCCC(=O)OC(COCCCCCCCCCC/C=C\C/C=C\C/C=C\C/C=C\C/C=C\CC)COP(=O)(O)OCC[N+](C)(C)C. The first-order valence-corrected chi connectivity index (χ1v) is 29.1. The van der Waals surface area contributed by atoms with Gasteiger partial charge in [0.2, 0.25) is 0 Å². The van der Waals surface area contributed by atoms with Crippen molar-refractivity contribution in [3.8, 4) is 0 Å². The van der Waals surface area contributed by atoms with Gasteiger partial charge in [-0.3, -0.25) is 13.8 Å².